The number of alkyl halides is 3. The van der Waals surface area contributed by atoms with Gasteiger partial charge in [0.1, 0.15) is 0 Å². The van der Waals surface area contributed by atoms with Crippen LogP contribution in [0.5, 0.6) is 0 Å². The summed E-state index contributed by atoms with van der Waals surface area (Å²) in [7, 11) is 0. The van der Waals surface area contributed by atoms with Crippen molar-refractivity contribution in [2.75, 3.05) is 0 Å². The van der Waals surface area contributed by atoms with E-state index in [-0.39, 0.29) is 6.42 Å². The first-order valence-corrected chi connectivity index (χ1v) is 5.64. The van der Waals surface area contributed by atoms with E-state index in [2.05, 4.69) is 13.8 Å². The van der Waals surface area contributed by atoms with Crippen molar-refractivity contribution in [2.24, 2.45) is 23.5 Å². The molecule has 0 spiro atoms. The predicted molar refractivity (Wildman–Crippen MR) is 54.3 cm³/mol. The van der Waals surface area contributed by atoms with Crippen molar-refractivity contribution < 1.29 is 13.2 Å². The maximum absolute atomic E-state index is 12.6. The fourth-order valence-electron chi connectivity index (χ4n) is 2.43. The van der Waals surface area contributed by atoms with Crippen LogP contribution in [0.3, 0.4) is 0 Å². The van der Waals surface area contributed by atoms with Crippen LogP contribution in [-0.4, -0.2) is 12.2 Å². The van der Waals surface area contributed by atoms with Crippen LogP contribution in [0.1, 0.15) is 39.5 Å². The summed E-state index contributed by atoms with van der Waals surface area (Å²) in [6.45, 7) is 4.15. The Morgan fingerprint density at radius 3 is 2.07 bits per heavy atom. The highest BCUT2D eigenvalue weighted by atomic mass is 19.4. The van der Waals surface area contributed by atoms with E-state index in [0.717, 1.165) is 6.42 Å². The van der Waals surface area contributed by atoms with Gasteiger partial charge in [0.05, 0.1) is 5.92 Å². The molecule has 1 fully saturated rings. The molecule has 0 radical (unpaired) electrons. The number of halogens is 3. The van der Waals surface area contributed by atoms with Gasteiger partial charge in [-0.25, -0.2) is 0 Å². The summed E-state index contributed by atoms with van der Waals surface area (Å²) in [6, 6.07) is -0.700. The van der Waals surface area contributed by atoms with Gasteiger partial charge in [0.2, 0.25) is 0 Å². The first-order valence-electron chi connectivity index (χ1n) is 5.64. The third-order valence-electron chi connectivity index (χ3n) is 3.60. The van der Waals surface area contributed by atoms with Crippen LogP contribution < -0.4 is 5.73 Å². The zero-order valence-corrected chi connectivity index (χ0v) is 9.35. The van der Waals surface area contributed by atoms with Crippen molar-refractivity contribution in [3.63, 3.8) is 0 Å². The van der Waals surface area contributed by atoms with E-state index < -0.39 is 18.1 Å². The molecule has 0 saturated heterocycles. The molecule has 1 aliphatic rings. The Bertz CT molecular complexity index is 200. The van der Waals surface area contributed by atoms with Crippen molar-refractivity contribution in [2.45, 2.75) is 51.7 Å². The van der Waals surface area contributed by atoms with Crippen LogP contribution in [0.15, 0.2) is 0 Å². The van der Waals surface area contributed by atoms with Crippen molar-refractivity contribution in [1.82, 2.24) is 0 Å². The van der Waals surface area contributed by atoms with E-state index in [1.165, 1.54) is 0 Å². The lowest BCUT2D eigenvalue weighted by Crippen LogP contribution is -2.38. The quantitative estimate of drug-likeness (QED) is 0.678. The Kier molecular flexibility index (Phi) is 4.04. The lowest BCUT2D eigenvalue weighted by Gasteiger charge is -2.23. The fourth-order valence-corrected chi connectivity index (χ4v) is 2.43. The Labute approximate surface area is 89.2 Å². The second kappa shape index (κ2) is 4.73. The average Bonchev–Trinajstić information content (AvgIpc) is 2.25. The van der Waals surface area contributed by atoms with Gasteiger partial charge in [0, 0.05) is 6.04 Å². The summed E-state index contributed by atoms with van der Waals surface area (Å²) >= 11 is 0. The number of rotatable bonds is 1. The molecule has 0 amide bonds. The highest BCUT2D eigenvalue weighted by Gasteiger charge is 2.44. The first-order chi connectivity index (χ1) is 6.82. The van der Waals surface area contributed by atoms with Gasteiger partial charge in [-0.2, -0.15) is 13.2 Å². The monoisotopic (exact) mass is 223 g/mol. The van der Waals surface area contributed by atoms with Crippen LogP contribution in [0, 0.1) is 17.8 Å². The summed E-state index contributed by atoms with van der Waals surface area (Å²) in [5.41, 5.74) is 5.61. The van der Waals surface area contributed by atoms with Crippen LogP contribution in [0.4, 0.5) is 13.2 Å². The van der Waals surface area contributed by atoms with Crippen LogP contribution in [0.25, 0.3) is 0 Å². The summed E-state index contributed by atoms with van der Waals surface area (Å²) in [6.07, 6.45) is -1.91. The minimum atomic E-state index is -4.12. The Morgan fingerprint density at radius 1 is 1.07 bits per heavy atom. The highest BCUT2D eigenvalue weighted by molar-refractivity contribution is 4.84. The Morgan fingerprint density at radius 2 is 1.60 bits per heavy atom. The van der Waals surface area contributed by atoms with E-state index in [9.17, 15) is 13.2 Å². The van der Waals surface area contributed by atoms with Gasteiger partial charge in [-0.05, 0) is 37.5 Å². The number of hydrogen-bond donors (Lipinski definition) is 1. The molecule has 3 unspecified atom stereocenters. The molecule has 0 aromatic carbocycles. The number of nitrogens with two attached hydrogens (primary N) is 1. The van der Waals surface area contributed by atoms with Gasteiger partial charge >= 0.3 is 6.18 Å². The minimum absolute atomic E-state index is 0.202. The molecule has 4 heteroatoms. The van der Waals surface area contributed by atoms with E-state index in [1.54, 1.807) is 0 Å². The largest absolute Gasteiger partial charge is 0.393 e. The molecular formula is C11H20F3N. The molecule has 2 N–H and O–H groups in total. The summed E-state index contributed by atoms with van der Waals surface area (Å²) in [5.74, 6) is -0.422. The molecule has 1 saturated carbocycles. The minimum Gasteiger partial charge on any atom is -0.327 e. The van der Waals surface area contributed by atoms with Crippen molar-refractivity contribution >= 4 is 0 Å². The second-order valence-corrected chi connectivity index (χ2v) is 4.97. The maximum atomic E-state index is 12.6. The molecular weight excluding hydrogens is 203 g/mol. The third kappa shape index (κ3) is 3.37. The SMILES string of the molecule is CC(C)C1CCC(N)C(C(F)(F)F)CC1. The number of hydrogen-bond acceptors (Lipinski definition) is 1. The van der Waals surface area contributed by atoms with Gasteiger partial charge < -0.3 is 5.73 Å². The van der Waals surface area contributed by atoms with Gasteiger partial charge in [-0.15, -0.1) is 0 Å². The van der Waals surface area contributed by atoms with Crippen LogP contribution in [0.2, 0.25) is 0 Å². The average molecular weight is 223 g/mol. The fraction of sp³-hybridized carbons (Fsp3) is 1.00. The zero-order valence-electron chi connectivity index (χ0n) is 9.35. The van der Waals surface area contributed by atoms with Crippen molar-refractivity contribution in [1.29, 1.82) is 0 Å². The molecule has 0 heterocycles. The predicted octanol–water partition coefficient (Wildman–Crippen LogP) is 3.34. The van der Waals surface area contributed by atoms with Gasteiger partial charge in [0.25, 0.3) is 0 Å². The zero-order chi connectivity index (χ0) is 11.6. The lowest BCUT2D eigenvalue weighted by atomic mass is 9.88. The molecule has 1 rings (SSSR count). The lowest BCUT2D eigenvalue weighted by molar-refractivity contribution is -0.181. The molecule has 0 bridgehead atoms. The van der Waals surface area contributed by atoms with E-state index in [4.69, 9.17) is 5.73 Å². The molecule has 1 nitrogen and oxygen atoms in total. The smallest absolute Gasteiger partial charge is 0.327 e. The van der Waals surface area contributed by atoms with E-state index >= 15 is 0 Å². The van der Waals surface area contributed by atoms with Crippen molar-refractivity contribution in [3.8, 4) is 0 Å². The molecule has 0 aromatic heterocycles. The summed E-state index contributed by atoms with van der Waals surface area (Å²) < 4.78 is 37.9. The Hall–Kier alpha value is -0.250. The van der Waals surface area contributed by atoms with E-state index in [0.29, 0.717) is 24.7 Å². The topological polar surface area (TPSA) is 26.0 Å². The van der Waals surface area contributed by atoms with Crippen LogP contribution >= 0.6 is 0 Å². The normalized spacial score (nSPS) is 34.2. The molecule has 0 aliphatic heterocycles. The van der Waals surface area contributed by atoms with Gasteiger partial charge in [-0.3, -0.25) is 0 Å². The van der Waals surface area contributed by atoms with Gasteiger partial charge in [-0.1, -0.05) is 13.8 Å². The second-order valence-electron chi connectivity index (χ2n) is 4.97. The standard InChI is InChI=1S/C11H20F3N/c1-7(2)8-3-5-9(11(12,13)14)10(15)6-4-8/h7-10H,3-6,15H2,1-2H3. The molecule has 15 heavy (non-hydrogen) atoms. The van der Waals surface area contributed by atoms with Gasteiger partial charge in [0.15, 0.2) is 0 Å². The molecule has 0 aromatic rings. The van der Waals surface area contributed by atoms with E-state index in [1.807, 2.05) is 0 Å². The first kappa shape index (κ1) is 12.8. The Balaban J connectivity index is 2.64. The van der Waals surface area contributed by atoms with Crippen molar-refractivity contribution in [3.05, 3.63) is 0 Å². The third-order valence-corrected chi connectivity index (χ3v) is 3.60. The molecule has 1 aliphatic carbocycles. The molecule has 3 atom stereocenters. The summed E-state index contributed by atoms with van der Waals surface area (Å²) in [5, 5.41) is 0. The summed E-state index contributed by atoms with van der Waals surface area (Å²) in [4.78, 5) is 0. The molecule has 90 valence electrons. The maximum Gasteiger partial charge on any atom is 0.393 e. The highest BCUT2D eigenvalue weighted by Crippen LogP contribution is 2.39. The van der Waals surface area contributed by atoms with Crippen LogP contribution in [-0.2, 0) is 0 Å².